The van der Waals surface area contributed by atoms with Crippen LogP contribution in [0.1, 0.15) is 36.1 Å². The molecule has 6 nitrogen and oxygen atoms in total. The predicted molar refractivity (Wildman–Crippen MR) is 104 cm³/mol. The SMILES string of the molecule is N#Cc1csc(CN2CCN([C@H]3CCCN(C4CCOCC4)C3=O)CC2)c1. The molecular formula is C20H28N4O2S. The monoisotopic (exact) mass is 388 g/mol. The zero-order chi connectivity index (χ0) is 18.6. The molecule has 0 bridgehead atoms. The molecule has 0 spiro atoms. The lowest BCUT2D eigenvalue weighted by Crippen LogP contribution is -2.59. The molecule has 1 aromatic rings. The van der Waals surface area contributed by atoms with Crippen LogP contribution in [0, 0.1) is 11.3 Å². The van der Waals surface area contributed by atoms with Gasteiger partial charge >= 0.3 is 0 Å². The molecule has 1 amide bonds. The van der Waals surface area contributed by atoms with Crippen molar-refractivity contribution in [2.24, 2.45) is 0 Å². The maximum absolute atomic E-state index is 13.1. The fourth-order valence-electron chi connectivity index (χ4n) is 4.55. The number of carbonyl (C=O) groups excluding carboxylic acids is 1. The van der Waals surface area contributed by atoms with Crippen LogP contribution in [0.15, 0.2) is 11.4 Å². The summed E-state index contributed by atoms with van der Waals surface area (Å²) in [5.41, 5.74) is 0.759. The number of hydrogen-bond donors (Lipinski definition) is 0. The van der Waals surface area contributed by atoms with E-state index in [2.05, 4.69) is 20.8 Å². The highest BCUT2D eigenvalue weighted by Crippen LogP contribution is 2.25. The molecule has 0 aliphatic carbocycles. The number of rotatable bonds is 4. The quantitative estimate of drug-likeness (QED) is 0.789. The molecule has 1 atom stereocenters. The van der Waals surface area contributed by atoms with Crippen LogP contribution in [0.25, 0.3) is 0 Å². The molecule has 3 aliphatic rings. The fraction of sp³-hybridized carbons (Fsp3) is 0.700. The van der Waals surface area contributed by atoms with Gasteiger partial charge in [-0.05, 0) is 31.7 Å². The van der Waals surface area contributed by atoms with E-state index in [9.17, 15) is 4.79 Å². The molecule has 0 radical (unpaired) electrons. The van der Waals surface area contributed by atoms with Crippen LogP contribution in [0.5, 0.6) is 0 Å². The number of piperazine rings is 1. The van der Waals surface area contributed by atoms with E-state index in [1.165, 1.54) is 4.88 Å². The smallest absolute Gasteiger partial charge is 0.240 e. The van der Waals surface area contributed by atoms with Gasteiger partial charge in [0.05, 0.1) is 11.6 Å². The Morgan fingerprint density at radius 1 is 1.15 bits per heavy atom. The van der Waals surface area contributed by atoms with Crippen LogP contribution in [-0.2, 0) is 16.1 Å². The number of likely N-dealkylation sites (tertiary alicyclic amines) is 1. The maximum atomic E-state index is 13.1. The number of ether oxygens (including phenoxy) is 1. The van der Waals surface area contributed by atoms with E-state index < -0.39 is 0 Å². The van der Waals surface area contributed by atoms with E-state index in [1.54, 1.807) is 11.3 Å². The molecule has 146 valence electrons. The van der Waals surface area contributed by atoms with Crippen molar-refractivity contribution in [3.8, 4) is 6.07 Å². The molecule has 3 aliphatic heterocycles. The summed E-state index contributed by atoms with van der Waals surface area (Å²) >= 11 is 1.66. The van der Waals surface area contributed by atoms with Gasteiger partial charge in [-0.2, -0.15) is 5.26 Å². The van der Waals surface area contributed by atoms with Crippen molar-refractivity contribution < 1.29 is 9.53 Å². The predicted octanol–water partition coefficient (Wildman–Crippen LogP) is 1.91. The first-order chi connectivity index (χ1) is 13.2. The first kappa shape index (κ1) is 18.9. The van der Waals surface area contributed by atoms with E-state index in [4.69, 9.17) is 10.00 Å². The topological polar surface area (TPSA) is 59.8 Å². The Bertz CT molecular complexity index is 686. The van der Waals surface area contributed by atoms with Gasteiger partial charge in [-0.1, -0.05) is 0 Å². The number of thiophene rings is 1. The molecule has 3 saturated heterocycles. The normalized spacial score (nSPS) is 26.3. The zero-order valence-corrected chi connectivity index (χ0v) is 16.6. The molecule has 27 heavy (non-hydrogen) atoms. The average molecular weight is 389 g/mol. The van der Waals surface area contributed by atoms with Crippen molar-refractivity contribution in [2.75, 3.05) is 45.9 Å². The van der Waals surface area contributed by atoms with Gasteiger partial charge in [-0.25, -0.2) is 0 Å². The number of nitrogens with zero attached hydrogens (tertiary/aromatic N) is 4. The number of carbonyl (C=O) groups is 1. The number of hydrogen-bond acceptors (Lipinski definition) is 6. The highest BCUT2D eigenvalue weighted by atomic mass is 32.1. The lowest BCUT2D eigenvalue weighted by atomic mass is 9.97. The largest absolute Gasteiger partial charge is 0.381 e. The van der Waals surface area contributed by atoms with E-state index in [0.29, 0.717) is 11.9 Å². The third-order valence-corrected chi connectivity index (χ3v) is 7.01. The summed E-state index contributed by atoms with van der Waals surface area (Å²) in [5, 5.41) is 10.9. The Morgan fingerprint density at radius 2 is 1.93 bits per heavy atom. The van der Waals surface area contributed by atoms with Crippen molar-refractivity contribution >= 4 is 17.2 Å². The lowest BCUT2D eigenvalue weighted by molar-refractivity contribution is -0.145. The number of piperidine rings is 1. The van der Waals surface area contributed by atoms with Crippen molar-refractivity contribution in [1.82, 2.24) is 14.7 Å². The standard InChI is InChI=1S/C20H28N4O2S/c21-13-16-12-18(27-15-16)14-22-6-8-23(9-7-22)19-2-1-5-24(20(19)25)17-3-10-26-11-4-17/h12,15,17,19H,1-11,14H2/t19-/m0/s1. The highest BCUT2D eigenvalue weighted by Gasteiger charge is 2.37. The molecule has 4 rings (SSSR count). The van der Waals surface area contributed by atoms with E-state index in [-0.39, 0.29) is 6.04 Å². The van der Waals surface area contributed by atoms with Crippen molar-refractivity contribution in [2.45, 2.75) is 44.3 Å². The Kier molecular flexibility index (Phi) is 6.08. The molecule has 0 aromatic carbocycles. The van der Waals surface area contributed by atoms with Crippen LogP contribution < -0.4 is 0 Å². The number of amides is 1. The minimum absolute atomic E-state index is 0.0654. The van der Waals surface area contributed by atoms with Gasteiger partial charge in [0, 0.05) is 68.8 Å². The maximum Gasteiger partial charge on any atom is 0.240 e. The third-order valence-electron chi connectivity index (χ3n) is 6.09. The molecule has 0 saturated carbocycles. The second-order valence-electron chi connectivity index (χ2n) is 7.76. The average Bonchev–Trinajstić information content (AvgIpc) is 3.17. The van der Waals surface area contributed by atoms with Crippen molar-refractivity contribution in [3.05, 3.63) is 21.9 Å². The van der Waals surface area contributed by atoms with Gasteiger partial charge in [-0.15, -0.1) is 11.3 Å². The van der Waals surface area contributed by atoms with Crippen LogP contribution >= 0.6 is 11.3 Å². The first-order valence-electron chi connectivity index (χ1n) is 10.1. The summed E-state index contributed by atoms with van der Waals surface area (Å²) in [6.07, 6.45) is 4.07. The number of nitriles is 1. The molecule has 0 N–H and O–H groups in total. The second kappa shape index (κ2) is 8.70. The second-order valence-corrected chi connectivity index (χ2v) is 8.75. The molecule has 7 heteroatoms. The van der Waals surface area contributed by atoms with Crippen LogP contribution in [0.4, 0.5) is 0 Å². The Morgan fingerprint density at radius 3 is 2.63 bits per heavy atom. The highest BCUT2D eigenvalue weighted by molar-refractivity contribution is 7.10. The molecular weight excluding hydrogens is 360 g/mol. The van der Waals surface area contributed by atoms with Crippen LogP contribution in [0.2, 0.25) is 0 Å². The molecule has 1 aromatic heterocycles. The van der Waals surface area contributed by atoms with E-state index in [1.807, 2.05) is 11.4 Å². The van der Waals surface area contributed by atoms with Crippen LogP contribution in [0.3, 0.4) is 0 Å². The zero-order valence-electron chi connectivity index (χ0n) is 15.8. The van der Waals surface area contributed by atoms with Crippen molar-refractivity contribution in [3.63, 3.8) is 0 Å². The van der Waals surface area contributed by atoms with Gasteiger partial charge in [0.15, 0.2) is 0 Å². The van der Waals surface area contributed by atoms with Crippen LogP contribution in [-0.4, -0.2) is 78.6 Å². The van der Waals surface area contributed by atoms with Crippen molar-refractivity contribution in [1.29, 1.82) is 5.26 Å². The minimum Gasteiger partial charge on any atom is -0.381 e. The minimum atomic E-state index is 0.0654. The Labute approximate surface area is 165 Å². The van der Waals surface area contributed by atoms with Gasteiger partial charge in [-0.3, -0.25) is 14.6 Å². The fourth-order valence-corrected chi connectivity index (χ4v) is 5.41. The summed E-state index contributed by atoms with van der Waals surface area (Å²) < 4.78 is 5.47. The molecule has 4 heterocycles. The van der Waals surface area contributed by atoms with Gasteiger partial charge < -0.3 is 9.64 Å². The summed E-state index contributed by atoms with van der Waals surface area (Å²) in [7, 11) is 0. The van der Waals surface area contributed by atoms with Gasteiger partial charge in [0.25, 0.3) is 0 Å². The molecule has 0 unspecified atom stereocenters. The Balaban J connectivity index is 1.30. The summed E-state index contributed by atoms with van der Waals surface area (Å²) in [6, 6.07) is 4.64. The third kappa shape index (κ3) is 4.35. The summed E-state index contributed by atoms with van der Waals surface area (Å²) in [6.45, 7) is 7.28. The van der Waals surface area contributed by atoms with E-state index >= 15 is 0 Å². The van der Waals surface area contributed by atoms with Gasteiger partial charge in [0.1, 0.15) is 6.07 Å². The summed E-state index contributed by atoms with van der Waals surface area (Å²) in [5.74, 6) is 0.346. The molecule has 3 fully saturated rings. The van der Waals surface area contributed by atoms with E-state index in [0.717, 1.165) is 83.7 Å². The summed E-state index contributed by atoms with van der Waals surface area (Å²) in [4.78, 5) is 21.4. The Hall–Kier alpha value is -1.46. The lowest BCUT2D eigenvalue weighted by Gasteiger charge is -2.45. The first-order valence-corrected chi connectivity index (χ1v) is 10.9. The van der Waals surface area contributed by atoms with Gasteiger partial charge in [0.2, 0.25) is 5.91 Å².